The molecule has 4 N–H and O–H groups in total. The van der Waals surface area contributed by atoms with Crippen LogP contribution in [0.3, 0.4) is 0 Å². The van der Waals surface area contributed by atoms with Gasteiger partial charge in [-0.15, -0.1) is 10.2 Å². The lowest BCUT2D eigenvalue weighted by molar-refractivity contribution is -0.138. The van der Waals surface area contributed by atoms with Gasteiger partial charge in [-0.2, -0.15) is 0 Å². The van der Waals surface area contributed by atoms with Crippen LogP contribution in [0.5, 0.6) is 0 Å². The third-order valence-electron chi connectivity index (χ3n) is 1.49. The van der Waals surface area contributed by atoms with E-state index < -0.39 is 24.3 Å². The van der Waals surface area contributed by atoms with Gasteiger partial charge in [0, 0.05) is 0 Å². The van der Waals surface area contributed by atoms with Gasteiger partial charge in [0.2, 0.25) is 11.0 Å². The van der Waals surface area contributed by atoms with E-state index in [4.69, 9.17) is 10.8 Å². The van der Waals surface area contributed by atoms with Crippen molar-refractivity contribution in [2.75, 3.05) is 5.32 Å². The number of anilines is 1. The monoisotopic (exact) mass is 230 g/mol. The standard InChI is InChI=1S/C7H10N4O3S/c1-3-10-11-7(15-3)9-6(14)4(8)2-5(12)13/h4H,2,8H2,1H3,(H,12,13)(H,9,11,14). The summed E-state index contributed by atoms with van der Waals surface area (Å²) in [4.78, 5) is 21.6. The molecule has 1 rings (SSSR count). The minimum atomic E-state index is -1.12. The zero-order chi connectivity index (χ0) is 11.4. The molecule has 0 fully saturated rings. The van der Waals surface area contributed by atoms with E-state index in [2.05, 4.69) is 15.5 Å². The number of hydrogen-bond donors (Lipinski definition) is 3. The van der Waals surface area contributed by atoms with Gasteiger partial charge in [-0.05, 0) is 6.92 Å². The van der Waals surface area contributed by atoms with Gasteiger partial charge in [0.15, 0.2) is 0 Å². The van der Waals surface area contributed by atoms with Crippen LogP contribution < -0.4 is 11.1 Å². The van der Waals surface area contributed by atoms with Crippen molar-refractivity contribution >= 4 is 28.3 Å². The summed E-state index contributed by atoms with van der Waals surface area (Å²) < 4.78 is 0. The van der Waals surface area contributed by atoms with Crippen molar-refractivity contribution in [2.45, 2.75) is 19.4 Å². The molecule has 1 amide bonds. The van der Waals surface area contributed by atoms with E-state index in [-0.39, 0.29) is 0 Å². The Morgan fingerprint density at radius 2 is 2.27 bits per heavy atom. The van der Waals surface area contributed by atoms with Crippen LogP contribution in [-0.4, -0.2) is 33.2 Å². The molecule has 1 unspecified atom stereocenters. The Bertz CT molecular complexity index is 378. The van der Waals surface area contributed by atoms with Crippen molar-refractivity contribution in [1.29, 1.82) is 0 Å². The number of rotatable bonds is 4. The first-order valence-corrected chi connectivity index (χ1v) is 4.89. The molecule has 0 bridgehead atoms. The van der Waals surface area contributed by atoms with Gasteiger partial charge < -0.3 is 10.8 Å². The van der Waals surface area contributed by atoms with Gasteiger partial charge >= 0.3 is 5.97 Å². The summed E-state index contributed by atoms with van der Waals surface area (Å²) in [5.41, 5.74) is 5.34. The highest BCUT2D eigenvalue weighted by Gasteiger charge is 2.18. The molecule has 8 heteroatoms. The molecule has 0 spiro atoms. The second-order valence-electron chi connectivity index (χ2n) is 2.82. The minimum Gasteiger partial charge on any atom is -0.481 e. The first kappa shape index (κ1) is 11.5. The SMILES string of the molecule is Cc1nnc(NC(=O)C(N)CC(=O)O)s1. The van der Waals surface area contributed by atoms with Gasteiger partial charge in [0.25, 0.3) is 0 Å². The molecule has 0 aliphatic rings. The van der Waals surface area contributed by atoms with Crippen molar-refractivity contribution in [3.63, 3.8) is 0 Å². The fourth-order valence-corrected chi connectivity index (χ4v) is 1.42. The van der Waals surface area contributed by atoms with E-state index in [0.29, 0.717) is 10.1 Å². The van der Waals surface area contributed by atoms with Crippen molar-refractivity contribution in [1.82, 2.24) is 10.2 Å². The maximum atomic E-state index is 11.3. The maximum absolute atomic E-state index is 11.3. The van der Waals surface area contributed by atoms with E-state index in [1.54, 1.807) is 6.92 Å². The third-order valence-corrected chi connectivity index (χ3v) is 2.24. The highest BCUT2D eigenvalue weighted by atomic mass is 32.1. The molecule has 1 atom stereocenters. The maximum Gasteiger partial charge on any atom is 0.305 e. The highest BCUT2D eigenvalue weighted by Crippen LogP contribution is 2.13. The Hall–Kier alpha value is -1.54. The number of aromatic nitrogens is 2. The van der Waals surface area contributed by atoms with Crippen LogP contribution in [0.2, 0.25) is 0 Å². The summed E-state index contributed by atoms with van der Waals surface area (Å²) in [6.45, 7) is 1.74. The molecule has 15 heavy (non-hydrogen) atoms. The van der Waals surface area contributed by atoms with E-state index in [1.165, 1.54) is 11.3 Å². The fraction of sp³-hybridized carbons (Fsp3) is 0.429. The van der Waals surface area contributed by atoms with Crippen molar-refractivity contribution < 1.29 is 14.7 Å². The minimum absolute atomic E-state index is 0.318. The summed E-state index contributed by atoms with van der Waals surface area (Å²) in [5, 5.41) is 19.2. The summed E-state index contributed by atoms with van der Waals surface area (Å²) >= 11 is 1.20. The largest absolute Gasteiger partial charge is 0.481 e. The highest BCUT2D eigenvalue weighted by molar-refractivity contribution is 7.15. The van der Waals surface area contributed by atoms with Gasteiger partial charge in [-0.1, -0.05) is 11.3 Å². The number of carboxylic acids is 1. The zero-order valence-corrected chi connectivity index (χ0v) is 8.74. The second kappa shape index (κ2) is 4.80. The summed E-state index contributed by atoms with van der Waals surface area (Å²) in [7, 11) is 0. The smallest absolute Gasteiger partial charge is 0.305 e. The second-order valence-corrected chi connectivity index (χ2v) is 4.00. The number of nitrogens with zero attached hydrogens (tertiary/aromatic N) is 2. The number of carboxylic acid groups (broad SMARTS) is 1. The van der Waals surface area contributed by atoms with Gasteiger partial charge in [-0.3, -0.25) is 14.9 Å². The molecule has 1 aromatic rings. The summed E-state index contributed by atoms with van der Waals surface area (Å²) in [6.07, 6.45) is -0.413. The number of nitrogens with one attached hydrogen (secondary N) is 1. The Labute approximate surface area is 89.3 Å². The first-order chi connectivity index (χ1) is 6.99. The molecule has 82 valence electrons. The molecule has 1 aromatic heterocycles. The summed E-state index contributed by atoms with van der Waals surface area (Å²) in [6, 6.07) is -1.08. The molecule has 0 aliphatic heterocycles. The normalized spacial score (nSPS) is 12.1. The van der Waals surface area contributed by atoms with Gasteiger partial charge in [-0.25, -0.2) is 0 Å². The van der Waals surface area contributed by atoms with Crippen LogP contribution in [0.4, 0.5) is 5.13 Å². The van der Waals surface area contributed by atoms with Crippen LogP contribution >= 0.6 is 11.3 Å². The van der Waals surface area contributed by atoms with Crippen molar-refractivity contribution in [3.05, 3.63) is 5.01 Å². The number of carbonyl (C=O) groups excluding carboxylic acids is 1. The van der Waals surface area contributed by atoms with E-state index in [1.807, 2.05) is 0 Å². The van der Waals surface area contributed by atoms with Gasteiger partial charge in [0.05, 0.1) is 12.5 Å². The van der Waals surface area contributed by atoms with E-state index in [0.717, 1.165) is 0 Å². The molecule has 0 radical (unpaired) electrons. The summed E-state index contributed by atoms with van der Waals surface area (Å²) in [5.74, 6) is -1.69. The number of amides is 1. The number of aryl methyl sites for hydroxylation is 1. The molecule has 7 nitrogen and oxygen atoms in total. The molecule has 0 saturated heterocycles. The predicted molar refractivity (Wildman–Crippen MR) is 53.5 cm³/mol. The Morgan fingerprint density at radius 3 is 2.73 bits per heavy atom. The van der Waals surface area contributed by atoms with Crippen LogP contribution in [-0.2, 0) is 9.59 Å². The van der Waals surface area contributed by atoms with Crippen LogP contribution in [0.1, 0.15) is 11.4 Å². The number of nitrogens with two attached hydrogens (primary N) is 1. The molecule has 0 aromatic carbocycles. The average molecular weight is 230 g/mol. The predicted octanol–water partition coefficient (Wildman–Crippen LogP) is -0.413. The molecular formula is C7H10N4O3S. The number of hydrogen-bond acceptors (Lipinski definition) is 6. The van der Waals surface area contributed by atoms with Crippen molar-refractivity contribution in [2.24, 2.45) is 5.73 Å². The molecule has 0 saturated carbocycles. The quantitative estimate of drug-likeness (QED) is 0.647. The van der Waals surface area contributed by atoms with E-state index in [9.17, 15) is 9.59 Å². The average Bonchev–Trinajstić information content (AvgIpc) is 2.50. The van der Waals surface area contributed by atoms with E-state index >= 15 is 0 Å². The molecular weight excluding hydrogens is 220 g/mol. The van der Waals surface area contributed by atoms with Crippen LogP contribution in [0.25, 0.3) is 0 Å². The zero-order valence-electron chi connectivity index (χ0n) is 7.93. The first-order valence-electron chi connectivity index (χ1n) is 4.07. The van der Waals surface area contributed by atoms with Gasteiger partial charge in [0.1, 0.15) is 5.01 Å². The Kier molecular flexibility index (Phi) is 3.69. The lowest BCUT2D eigenvalue weighted by Crippen LogP contribution is -2.37. The lowest BCUT2D eigenvalue weighted by atomic mass is 10.2. The number of aliphatic carboxylic acids is 1. The number of carbonyl (C=O) groups is 2. The molecule has 1 heterocycles. The Balaban J connectivity index is 2.52. The van der Waals surface area contributed by atoms with Crippen LogP contribution in [0.15, 0.2) is 0 Å². The third kappa shape index (κ3) is 3.60. The molecule has 0 aliphatic carbocycles. The lowest BCUT2D eigenvalue weighted by Gasteiger charge is -2.06. The topological polar surface area (TPSA) is 118 Å². The fourth-order valence-electron chi connectivity index (χ4n) is 0.826. The van der Waals surface area contributed by atoms with Crippen molar-refractivity contribution in [3.8, 4) is 0 Å². The van der Waals surface area contributed by atoms with Crippen LogP contribution in [0, 0.1) is 6.92 Å². The Morgan fingerprint density at radius 1 is 1.60 bits per heavy atom.